The molecule has 172 valence electrons. The number of carbonyl (C=O) groups excluding carboxylic acids is 2. The van der Waals surface area contributed by atoms with Gasteiger partial charge in [0.05, 0.1) is 12.9 Å². The first-order valence-corrected chi connectivity index (χ1v) is 10.7. The Hall–Kier alpha value is -3.03. The molecule has 0 bridgehead atoms. The minimum absolute atomic E-state index is 0.0911. The van der Waals surface area contributed by atoms with Crippen LogP contribution in [-0.2, 0) is 16.1 Å². The third-order valence-electron chi connectivity index (χ3n) is 5.96. The largest absolute Gasteiger partial charge is 0.387 e. The van der Waals surface area contributed by atoms with Crippen molar-refractivity contribution in [2.24, 2.45) is 0 Å². The maximum absolute atomic E-state index is 12.4. The fourth-order valence-electron chi connectivity index (χ4n) is 3.91. The number of ether oxygens (including phenoxy) is 1. The average molecular weight is 446 g/mol. The lowest BCUT2D eigenvalue weighted by Gasteiger charge is -2.21. The Labute approximate surface area is 183 Å². The summed E-state index contributed by atoms with van der Waals surface area (Å²) in [4.78, 5) is 39.3. The number of nitrogens with zero attached hydrogens (tertiary/aromatic N) is 5. The van der Waals surface area contributed by atoms with Crippen molar-refractivity contribution in [3.05, 3.63) is 12.2 Å². The number of nitrogen functional groups attached to an aromatic ring is 1. The zero-order chi connectivity index (χ0) is 22.6. The minimum atomic E-state index is -1.41. The molecule has 0 aromatic carbocycles. The number of urea groups is 1. The predicted molar refractivity (Wildman–Crippen MR) is 110 cm³/mol. The second-order valence-corrected chi connectivity index (χ2v) is 8.47. The Morgan fingerprint density at radius 2 is 2.00 bits per heavy atom. The molecule has 2 unspecified atom stereocenters. The molecule has 13 nitrogen and oxygen atoms in total. The molecule has 13 heteroatoms. The third-order valence-corrected chi connectivity index (χ3v) is 5.96. The zero-order valence-electron chi connectivity index (χ0n) is 17.5. The number of aliphatic hydroxyl groups is 2. The summed E-state index contributed by atoms with van der Waals surface area (Å²) >= 11 is 0. The van der Waals surface area contributed by atoms with Crippen LogP contribution in [0.3, 0.4) is 0 Å². The highest BCUT2D eigenvalue weighted by Crippen LogP contribution is 2.33. The predicted octanol–water partition coefficient (Wildman–Crippen LogP) is -1.39. The van der Waals surface area contributed by atoms with Crippen molar-refractivity contribution in [2.75, 3.05) is 12.8 Å². The van der Waals surface area contributed by atoms with Crippen LogP contribution in [0.4, 0.5) is 10.6 Å². The van der Waals surface area contributed by atoms with Gasteiger partial charge in [-0.25, -0.2) is 19.7 Å². The minimum Gasteiger partial charge on any atom is -0.387 e. The van der Waals surface area contributed by atoms with Gasteiger partial charge in [-0.15, -0.1) is 0 Å². The molecular formula is C19H26N8O5. The van der Waals surface area contributed by atoms with Crippen molar-refractivity contribution in [3.8, 4) is 0 Å². The normalized spacial score (nSPS) is 27.5. The molecule has 3 aliphatic rings. The van der Waals surface area contributed by atoms with Crippen molar-refractivity contribution >= 4 is 28.9 Å². The van der Waals surface area contributed by atoms with Crippen molar-refractivity contribution < 1.29 is 24.5 Å². The van der Waals surface area contributed by atoms with Gasteiger partial charge in [-0.2, -0.15) is 0 Å². The summed E-state index contributed by atoms with van der Waals surface area (Å²) in [6, 6.07) is -0.0138. The van der Waals surface area contributed by atoms with Gasteiger partial charge in [-0.05, 0) is 25.7 Å². The van der Waals surface area contributed by atoms with Gasteiger partial charge in [0.2, 0.25) is 0 Å². The molecule has 3 heterocycles. The van der Waals surface area contributed by atoms with E-state index in [2.05, 4.69) is 25.6 Å². The molecule has 0 spiro atoms. The third kappa shape index (κ3) is 3.72. The molecule has 32 heavy (non-hydrogen) atoms. The standard InChI is InChI=1S/C19H26N8O5/c1-21-19(31)26(9-4-5-9)6-10-24-15(20)11-16(25-10)27(7-22-11)18-13(29)12(28)14(32-18)17(30)23-8-2-3-8/h7-9,12-14,18,28-29H,2-6H2,1H3,(H,21,31)(H,23,30)(H2,20,24,25)/t12?,13?,14-,18+/m0/s1. The number of carbonyl (C=O) groups is 2. The topological polar surface area (TPSA) is 181 Å². The number of nitrogens with one attached hydrogen (secondary N) is 2. The zero-order valence-corrected chi connectivity index (χ0v) is 17.5. The Morgan fingerprint density at radius 3 is 2.66 bits per heavy atom. The van der Waals surface area contributed by atoms with E-state index in [1.807, 2.05) is 0 Å². The monoisotopic (exact) mass is 446 g/mol. The Kier molecular flexibility index (Phi) is 5.10. The van der Waals surface area contributed by atoms with Gasteiger partial charge in [0, 0.05) is 19.1 Å². The number of nitrogens with two attached hydrogens (primary N) is 1. The quantitative estimate of drug-likeness (QED) is 0.357. The highest BCUT2D eigenvalue weighted by Gasteiger charge is 2.48. The second kappa shape index (κ2) is 7.83. The first-order chi connectivity index (χ1) is 15.4. The summed E-state index contributed by atoms with van der Waals surface area (Å²) in [5, 5.41) is 26.4. The summed E-state index contributed by atoms with van der Waals surface area (Å²) < 4.78 is 7.16. The highest BCUT2D eigenvalue weighted by atomic mass is 16.6. The van der Waals surface area contributed by atoms with Crippen LogP contribution in [-0.4, -0.2) is 84.0 Å². The van der Waals surface area contributed by atoms with Gasteiger partial charge < -0.3 is 36.2 Å². The molecule has 5 rings (SSSR count). The first kappa shape index (κ1) is 20.8. The molecule has 3 fully saturated rings. The number of fused-ring (bicyclic) bond motifs is 1. The van der Waals surface area contributed by atoms with E-state index in [1.54, 1.807) is 11.9 Å². The van der Waals surface area contributed by atoms with Crippen molar-refractivity contribution in [1.82, 2.24) is 35.1 Å². The van der Waals surface area contributed by atoms with E-state index >= 15 is 0 Å². The number of amides is 3. The molecule has 6 N–H and O–H groups in total. The number of aromatic nitrogens is 4. The molecule has 1 saturated heterocycles. The summed E-state index contributed by atoms with van der Waals surface area (Å²) in [7, 11) is 1.56. The summed E-state index contributed by atoms with van der Waals surface area (Å²) in [6.45, 7) is 0.152. The molecule has 2 aromatic heterocycles. The lowest BCUT2D eigenvalue weighted by Crippen LogP contribution is -2.43. The van der Waals surface area contributed by atoms with E-state index in [4.69, 9.17) is 10.5 Å². The Bertz CT molecular complexity index is 1050. The fraction of sp³-hybridized carbons (Fsp3) is 0.632. The molecule has 0 radical (unpaired) electrons. The Morgan fingerprint density at radius 1 is 1.25 bits per heavy atom. The van der Waals surface area contributed by atoms with E-state index in [-0.39, 0.29) is 36.1 Å². The lowest BCUT2D eigenvalue weighted by molar-refractivity contribution is -0.137. The van der Waals surface area contributed by atoms with Crippen LogP contribution in [0.25, 0.3) is 11.2 Å². The van der Waals surface area contributed by atoms with E-state index in [1.165, 1.54) is 10.9 Å². The van der Waals surface area contributed by atoms with Gasteiger partial charge in [-0.3, -0.25) is 9.36 Å². The number of imidazole rings is 1. The number of aliphatic hydroxyl groups excluding tert-OH is 2. The van der Waals surface area contributed by atoms with E-state index in [0.717, 1.165) is 25.7 Å². The number of hydrogen-bond donors (Lipinski definition) is 5. The molecule has 3 amide bonds. The highest BCUT2D eigenvalue weighted by molar-refractivity contribution is 5.83. The molecular weight excluding hydrogens is 420 g/mol. The van der Waals surface area contributed by atoms with E-state index < -0.39 is 30.4 Å². The van der Waals surface area contributed by atoms with Crippen LogP contribution in [0.5, 0.6) is 0 Å². The van der Waals surface area contributed by atoms with Gasteiger partial charge in [0.1, 0.15) is 17.7 Å². The molecule has 2 saturated carbocycles. The fourth-order valence-corrected chi connectivity index (χ4v) is 3.91. The summed E-state index contributed by atoms with van der Waals surface area (Å²) in [5.41, 5.74) is 6.65. The summed E-state index contributed by atoms with van der Waals surface area (Å²) in [6.07, 6.45) is -0.126. The molecule has 2 aromatic rings. The average Bonchev–Trinajstić information content (AvgIpc) is 3.70. The maximum atomic E-state index is 12.4. The molecule has 4 atom stereocenters. The van der Waals surface area contributed by atoms with Gasteiger partial charge in [-0.1, -0.05) is 0 Å². The molecule has 2 aliphatic carbocycles. The first-order valence-electron chi connectivity index (χ1n) is 10.7. The lowest BCUT2D eigenvalue weighted by atomic mass is 10.1. The number of hydrogen-bond acceptors (Lipinski definition) is 9. The molecule has 1 aliphatic heterocycles. The van der Waals surface area contributed by atoms with Gasteiger partial charge in [0.15, 0.2) is 29.6 Å². The van der Waals surface area contributed by atoms with Crippen molar-refractivity contribution in [1.29, 1.82) is 0 Å². The van der Waals surface area contributed by atoms with Gasteiger partial charge >= 0.3 is 6.03 Å². The number of anilines is 1. The Balaban J connectivity index is 1.43. The van der Waals surface area contributed by atoms with Crippen LogP contribution >= 0.6 is 0 Å². The van der Waals surface area contributed by atoms with E-state index in [0.29, 0.717) is 11.3 Å². The van der Waals surface area contributed by atoms with Crippen LogP contribution < -0.4 is 16.4 Å². The van der Waals surface area contributed by atoms with Gasteiger partial charge in [0.25, 0.3) is 5.91 Å². The van der Waals surface area contributed by atoms with Crippen LogP contribution in [0.15, 0.2) is 6.33 Å². The van der Waals surface area contributed by atoms with Crippen LogP contribution in [0.2, 0.25) is 0 Å². The smallest absolute Gasteiger partial charge is 0.317 e. The van der Waals surface area contributed by atoms with E-state index in [9.17, 15) is 19.8 Å². The number of rotatable bonds is 6. The maximum Gasteiger partial charge on any atom is 0.317 e. The van der Waals surface area contributed by atoms with Crippen LogP contribution in [0.1, 0.15) is 37.7 Å². The van der Waals surface area contributed by atoms with Crippen LogP contribution in [0, 0.1) is 0 Å². The SMILES string of the molecule is CNC(=O)N(Cc1nc(N)c2ncn([C@@H]3O[C@H](C(=O)NC4CC4)C(O)C3O)c2n1)C1CC1. The second-order valence-electron chi connectivity index (χ2n) is 8.47. The van der Waals surface area contributed by atoms with Crippen molar-refractivity contribution in [3.63, 3.8) is 0 Å². The summed E-state index contributed by atoms with van der Waals surface area (Å²) in [5.74, 6) is -0.0396. The van der Waals surface area contributed by atoms with Crippen molar-refractivity contribution in [2.45, 2.75) is 68.9 Å².